The van der Waals surface area contributed by atoms with Gasteiger partial charge in [-0.3, -0.25) is 9.97 Å². The van der Waals surface area contributed by atoms with Crippen LogP contribution in [0.5, 0.6) is 0 Å². The summed E-state index contributed by atoms with van der Waals surface area (Å²) in [5.74, 6) is 2.38. The van der Waals surface area contributed by atoms with E-state index < -0.39 is 0 Å². The Balaban J connectivity index is 0.000000519. The molecule has 0 saturated carbocycles. The molecule has 2 saturated heterocycles. The number of thioether (sulfide) groups is 1. The summed E-state index contributed by atoms with van der Waals surface area (Å²) in [7, 11) is -0.0988. The van der Waals surface area contributed by atoms with Crippen molar-refractivity contribution in [3.63, 3.8) is 0 Å². The fourth-order valence-corrected chi connectivity index (χ4v) is 6.61. The van der Waals surface area contributed by atoms with Gasteiger partial charge < -0.3 is 0 Å². The van der Waals surface area contributed by atoms with Gasteiger partial charge in [0.25, 0.3) is 0 Å². The van der Waals surface area contributed by atoms with E-state index in [0.29, 0.717) is 5.25 Å². The topological polar surface area (TPSA) is 61.9 Å². The van der Waals surface area contributed by atoms with Gasteiger partial charge in [0, 0.05) is 42.9 Å². The van der Waals surface area contributed by atoms with E-state index in [9.17, 15) is 0 Å². The first-order valence-corrected chi connectivity index (χ1v) is 11.9. The summed E-state index contributed by atoms with van der Waals surface area (Å²) in [5, 5.41) is 9.76. The highest BCUT2D eigenvalue weighted by Gasteiger charge is 2.23. The van der Waals surface area contributed by atoms with Gasteiger partial charge >= 0.3 is 0 Å². The molecule has 4 heterocycles. The minimum atomic E-state index is -0.0988. The van der Waals surface area contributed by atoms with Crippen LogP contribution >= 0.6 is 11.8 Å². The normalized spacial score (nSPS) is 23.4. The Labute approximate surface area is 179 Å². The second kappa shape index (κ2) is 11.3. The van der Waals surface area contributed by atoms with Crippen LogP contribution in [0.1, 0.15) is 69.0 Å². The molecule has 2 aliphatic rings. The van der Waals surface area contributed by atoms with Gasteiger partial charge in [-0.15, -0.1) is 0 Å². The SMILES string of the molecule is C.Cc1ccc(C2CCCS2)cn1.Cc1ccc(C2CCCS2=NC#N)cn1.[2HH].[2HH]. The van der Waals surface area contributed by atoms with Crippen LogP contribution in [0.3, 0.4) is 0 Å². The molecule has 3 unspecified atom stereocenters. The van der Waals surface area contributed by atoms with Gasteiger partial charge in [0.2, 0.25) is 6.19 Å². The second-order valence-electron chi connectivity index (χ2n) is 6.89. The van der Waals surface area contributed by atoms with E-state index in [1.54, 1.807) is 0 Å². The predicted molar refractivity (Wildman–Crippen MR) is 126 cm³/mol. The number of hydrogen-bond donors (Lipinski definition) is 0. The maximum absolute atomic E-state index is 8.61. The third kappa shape index (κ3) is 6.15. The van der Waals surface area contributed by atoms with Crippen LogP contribution in [-0.4, -0.2) is 21.5 Å². The van der Waals surface area contributed by atoms with Gasteiger partial charge in [0.05, 0.1) is 0 Å². The number of nitriles is 1. The smallest absolute Gasteiger partial charge is 0.212 e. The van der Waals surface area contributed by atoms with E-state index in [4.69, 9.17) is 5.26 Å². The molecule has 0 aliphatic carbocycles. The molecule has 0 spiro atoms. The Bertz CT molecular complexity index is 815. The Hall–Kier alpha value is -1.71. The van der Waals surface area contributed by atoms with Crippen molar-refractivity contribution < 1.29 is 2.85 Å². The van der Waals surface area contributed by atoms with Crippen LogP contribution < -0.4 is 0 Å². The molecule has 0 N–H and O–H groups in total. The molecule has 3 atom stereocenters. The number of aromatic nitrogens is 2. The fraction of sp³-hybridized carbons (Fsp3) is 0.500. The molecule has 2 aliphatic heterocycles. The largest absolute Gasteiger partial charge is 0.261 e. The maximum atomic E-state index is 8.61. The zero-order valence-corrected chi connectivity index (χ0v) is 17.6. The lowest BCUT2D eigenvalue weighted by molar-refractivity contribution is 0.823. The molecule has 4 rings (SSSR count). The average Bonchev–Trinajstić information content (AvgIpc) is 3.36. The van der Waals surface area contributed by atoms with Gasteiger partial charge in [-0.05, 0) is 68.5 Å². The van der Waals surface area contributed by atoms with Gasteiger partial charge in [-0.1, -0.05) is 30.3 Å². The molecular weight excluding hydrogens is 384 g/mol. The van der Waals surface area contributed by atoms with Crippen LogP contribution in [0, 0.1) is 25.3 Å². The van der Waals surface area contributed by atoms with Crippen LogP contribution in [0.25, 0.3) is 0 Å². The van der Waals surface area contributed by atoms with Crippen LogP contribution in [0.2, 0.25) is 0 Å². The average molecular weight is 421 g/mol. The third-order valence-corrected chi connectivity index (χ3v) is 8.47. The highest BCUT2D eigenvalue weighted by molar-refractivity contribution is 7.99. The second-order valence-corrected chi connectivity index (χ2v) is 10.2. The first kappa shape index (κ1) is 22.6. The highest BCUT2D eigenvalue weighted by atomic mass is 32.2. The number of hydrogen-bond acceptors (Lipinski definition) is 5. The van der Waals surface area contributed by atoms with E-state index >= 15 is 0 Å². The summed E-state index contributed by atoms with van der Waals surface area (Å²) in [5.41, 5.74) is 4.79. The summed E-state index contributed by atoms with van der Waals surface area (Å²) in [6.07, 6.45) is 10.9. The van der Waals surface area contributed by atoms with Crippen molar-refractivity contribution in [3.8, 4) is 6.19 Å². The van der Waals surface area contributed by atoms with Crippen molar-refractivity contribution in [2.75, 3.05) is 11.5 Å². The molecule has 0 amide bonds. The lowest BCUT2D eigenvalue weighted by Crippen LogP contribution is -2.00. The van der Waals surface area contributed by atoms with Crippen molar-refractivity contribution in [1.82, 2.24) is 9.97 Å². The lowest BCUT2D eigenvalue weighted by atomic mass is 10.1. The molecule has 0 bridgehead atoms. The minimum Gasteiger partial charge on any atom is -0.261 e. The van der Waals surface area contributed by atoms with E-state index in [-0.39, 0.29) is 21.0 Å². The Morgan fingerprint density at radius 3 is 2.29 bits per heavy atom. The first-order chi connectivity index (χ1) is 13.2. The Kier molecular flexibility index (Phi) is 9.14. The minimum absolute atomic E-state index is 0. The zero-order chi connectivity index (χ0) is 19.1. The van der Waals surface area contributed by atoms with Gasteiger partial charge in [-0.25, -0.2) is 0 Å². The molecular formula is C22H34N4S2. The fourth-order valence-electron chi connectivity index (χ4n) is 3.36. The molecule has 2 fully saturated rings. The number of aryl methyl sites for hydroxylation is 2. The van der Waals surface area contributed by atoms with Crippen LogP contribution in [0.15, 0.2) is 41.0 Å². The van der Waals surface area contributed by atoms with Gasteiger partial charge in [0.1, 0.15) is 0 Å². The van der Waals surface area contributed by atoms with Crippen LogP contribution in [-0.2, 0) is 10.7 Å². The molecule has 28 heavy (non-hydrogen) atoms. The van der Waals surface area contributed by atoms with Crippen molar-refractivity contribution in [3.05, 3.63) is 59.2 Å². The third-order valence-electron chi connectivity index (χ3n) is 4.85. The molecule has 154 valence electrons. The number of rotatable bonds is 2. The summed E-state index contributed by atoms with van der Waals surface area (Å²) in [6.45, 7) is 4.02. The zero-order valence-electron chi connectivity index (χ0n) is 16.0. The van der Waals surface area contributed by atoms with E-state index in [0.717, 1.165) is 28.8 Å². The van der Waals surface area contributed by atoms with E-state index in [1.807, 2.05) is 38.5 Å². The standard InChI is InChI=1S/C11H13N3S.C10H13NS.CH4.2H2/c1-9-4-5-10(7-13-9)11-3-2-6-15(11)14-8-12;1-8-4-5-9(7-11-8)10-3-2-6-12-10;;;/h4-5,7,11H,2-3,6H2,1H3;4-5,7,10H,2-3,6H2,1H3;1H4;2*1H/i;;;2*1+1. The maximum Gasteiger partial charge on any atom is 0.212 e. The summed E-state index contributed by atoms with van der Waals surface area (Å²) >= 11 is 2.06. The molecule has 4 nitrogen and oxygen atoms in total. The molecule has 6 heteroatoms. The molecule has 0 aromatic carbocycles. The van der Waals surface area contributed by atoms with Crippen LogP contribution in [0.4, 0.5) is 0 Å². The van der Waals surface area contributed by atoms with E-state index in [2.05, 4.69) is 44.3 Å². The summed E-state index contributed by atoms with van der Waals surface area (Å²) in [4.78, 5) is 8.61. The van der Waals surface area contributed by atoms with Gasteiger partial charge in [-0.2, -0.15) is 21.4 Å². The predicted octanol–water partition coefficient (Wildman–Crippen LogP) is 6.59. The highest BCUT2D eigenvalue weighted by Crippen LogP contribution is 2.39. The molecule has 0 radical (unpaired) electrons. The Morgan fingerprint density at radius 1 is 1.07 bits per heavy atom. The van der Waals surface area contributed by atoms with Crippen molar-refractivity contribution in [2.24, 2.45) is 4.36 Å². The summed E-state index contributed by atoms with van der Waals surface area (Å²) < 4.78 is 4.01. The monoisotopic (exact) mass is 420 g/mol. The summed E-state index contributed by atoms with van der Waals surface area (Å²) in [6, 6.07) is 8.46. The molecule has 2 aromatic rings. The molecule has 2 aromatic heterocycles. The number of nitrogens with zero attached hydrogens (tertiary/aromatic N) is 4. The quantitative estimate of drug-likeness (QED) is 0.514. The number of pyridine rings is 2. The van der Waals surface area contributed by atoms with E-state index in [1.165, 1.54) is 36.1 Å². The van der Waals surface area contributed by atoms with Crippen molar-refractivity contribution in [1.29, 1.82) is 5.26 Å². The van der Waals surface area contributed by atoms with Crippen molar-refractivity contribution >= 4 is 22.5 Å². The lowest BCUT2D eigenvalue weighted by Gasteiger charge is -2.10. The van der Waals surface area contributed by atoms with Crippen molar-refractivity contribution in [2.45, 2.75) is 57.5 Å². The van der Waals surface area contributed by atoms with Gasteiger partial charge in [0.15, 0.2) is 0 Å². The Morgan fingerprint density at radius 2 is 1.75 bits per heavy atom. The first-order valence-electron chi connectivity index (χ1n) is 9.43.